The van der Waals surface area contributed by atoms with E-state index in [9.17, 15) is 9.90 Å². The highest BCUT2D eigenvalue weighted by molar-refractivity contribution is 7.99. The highest BCUT2D eigenvalue weighted by Gasteiger charge is 2.14. The molecule has 4 heteroatoms. The molecule has 2 aromatic rings. The van der Waals surface area contributed by atoms with Gasteiger partial charge < -0.3 is 10.4 Å². The molecule has 0 saturated heterocycles. The lowest BCUT2D eigenvalue weighted by atomic mass is 10.1. The molecule has 0 radical (unpaired) electrons. The van der Waals surface area contributed by atoms with Crippen LogP contribution in [0.4, 0.5) is 0 Å². The highest BCUT2D eigenvalue weighted by atomic mass is 32.2. The first kappa shape index (κ1) is 17.6. The van der Waals surface area contributed by atoms with Crippen LogP contribution in [-0.2, 0) is 17.6 Å². The van der Waals surface area contributed by atoms with Crippen molar-refractivity contribution in [1.82, 2.24) is 5.32 Å². The third kappa shape index (κ3) is 5.73. The molecule has 3 nitrogen and oxygen atoms in total. The van der Waals surface area contributed by atoms with Gasteiger partial charge in [0.2, 0.25) is 5.91 Å². The molecule has 2 N–H and O–H groups in total. The lowest BCUT2D eigenvalue weighted by Gasteiger charge is -2.17. The van der Waals surface area contributed by atoms with Crippen molar-refractivity contribution >= 4 is 17.7 Å². The zero-order valence-electron chi connectivity index (χ0n) is 13.4. The van der Waals surface area contributed by atoms with Gasteiger partial charge in [0.25, 0.3) is 0 Å². The molecular formula is C19H23NO2S. The number of hydrogen-bond donors (Lipinski definition) is 2. The van der Waals surface area contributed by atoms with Crippen molar-refractivity contribution in [3.8, 4) is 0 Å². The van der Waals surface area contributed by atoms with Gasteiger partial charge in [0, 0.05) is 4.90 Å². The summed E-state index contributed by atoms with van der Waals surface area (Å²) >= 11 is 1.74. The summed E-state index contributed by atoms with van der Waals surface area (Å²) in [6.45, 7) is 2.04. The van der Waals surface area contributed by atoms with Crippen LogP contribution in [0.2, 0.25) is 0 Å². The van der Waals surface area contributed by atoms with Crippen molar-refractivity contribution < 1.29 is 9.90 Å². The number of rotatable bonds is 8. The molecule has 0 aliphatic rings. The average Bonchev–Trinajstić information content (AvgIpc) is 2.57. The molecule has 0 fully saturated rings. The second-order valence-corrected chi connectivity index (χ2v) is 6.66. The quantitative estimate of drug-likeness (QED) is 0.732. The zero-order chi connectivity index (χ0) is 16.5. The van der Waals surface area contributed by atoms with Crippen LogP contribution in [0, 0.1) is 0 Å². The summed E-state index contributed by atoms with van der Waals surface area (Å²) in [5.41, 5.74) is 2.14. The van der Waals surface area contributed by atoms with Gasteiger partial charge >= 0.3 is 0 Å². The third-order valence-electron chi connectivity index (χ3n) is 3.53. The Morgan fingerprint density at radius 1 is 1.13 bits per heavy atom. The molecule has 0 aliphatic carbocycles. The van der Waals surface area contributed by atoms with Gasteiger partial charge in [-0.1, -0.05) is 55.5 Å². The summed E-state index contributed by atoms with van der Waals surface area (Å²) in [6, 6.07) is 17.6. The zero-order valence-corrected chi connectivity index (χ0v) is 14.2. The molecule has 23 heavy (non-hydrogen) atoms. The Labute approximate surface area is 142 Å². The van der Waals surface area contributed by atoms with Crippen LogP contribution in [0.15, 0.2) is 59.5 Å². The first-order valence-electron chi connectivity index (χ1n) is 7.87. The number of carbonyl (C=O) groups excluding carboxylic acids is 1. The average molecular weight is 329 g/mol. The Bertz CT molecular complexity index is 616. The Hall–Kier alpha value is -1.78. The molecule has 0 aliphatic heterocycles. The minimum Gasteiger partial charge on any atom is -0.394 e. The van der Waals surface area contributed by atoms with E-state index >= 15 is 0 Å². The summed E-state index contributed by atoms with van der Waals surface area (Å²) in [5, 5.41) is 12.5. The minimum atomic E-state index is -0.254. The largest absolute Gasteiger partial charge is 0.394 e. The number of aliphatic hydroxyl groups excluding tert-OH is 1. The van der Waals surface area contributed by atoms with E-state index in [2.05, 4.69) is 12.2 Å². The predicted octanol–water partition coefficient (Wildman–Crippen LogP) is 3.06. The van der Waals surface area contributed by atoms with E-state index in [1.807, 2.05) is 54.6 Å². The van der Waals surface area contributed by atoms with Gasteiger partial charge in [0.05, 0.1) is 19.1 Å². The van der Waals surface area contributed by atoms with Crippen LogP contribution in [0.5, 0.6) is 0 Å². The maximum absolute atomic E-state index is 12.3. The lowest BCUT2D eigenvalue weighted by molar-refractivity contribution is -0.121. The smallest absolute Gasteiger partial charge is 0.224 e. The number of nitrogens with one attached hydrogen (secondary N) is 1. The maximum Gasteiger partial charge on any atom is 0.224 e. The summed E-state index contributed by atoms with van der Waals surface area (Å²) < 4.78 is 0. The Kier molecular flexibility index (Phi) is 7.17. The molecule has 122 valence electrons. The van der Waals surface area contributed by atoms with Gasteiger partial charge in [-0.05, 0) is 29.4 Å². The van der Waals surface area contributed by atoms with Crippen LogP contribution in [-0.4, -0.2) is 29.4 Å². The number of hydrogen-bond acceptors (Lipinski definition) is 3. The minimum absolute atomic E-state index is 0.0517. The van der Waals surface area contributed by atoms with Gasteiger partial charge in [-0.3, -0.25) is 4.79 Å². The van der Waals surface area contributed by atoms with Crippen molar-refractivity contribution in [3.63, 3.8) is 0 Å². The maximum atomic E-state index is 12.3. The highest BCUT2D eigenvalue weighted by Crippen LogP contribution is 2.22. The van der Waals surface area contributed by atoms with Crippen molar-refractivity contribution in [3.05, 3.63) is 65.7 Å². The summed E-state index contributed by atoms with van der Waals surface area (Å²) in [7, 11) is 0. The SMILES string of the molecule is CCSc1ccccc1CC(=O)N[C@H](CO)Cc1ccccc1. The van der Waals surface area contributed by atoms with Crippen molar-refractivity contribution in [2.24, 2.45) is 0 Å². The van der Waals surface area contributed by atoms with Crippen LogP contribution in [0.25, 0.3) is 0 Å². The number of thioether (sulfide) groups is 1. The molecule has 0 saturated carbocycles. The third-order valence-corrected chi connectivity index (χ3v) is 4.53. The molecule has 0 unspecified atom stereocenters. The molecule has 0 aromatic heterocycles. The predicted molar refractivity (Wildman–Crippen MR) is 95.7 cm³/mol. The lowest BCUT2D eigenvalue weighted by Crippen LogP contribution is -2.39. The number of carbonyl (C=O) groups is 1. The first-order chi connectivity index (χ1) is 11.2. The van der Waals surface area contributed by atoms with E-state index < -0.39 is 0 Å². The van der Waals surface area contributed by atoms with E-state index in [-0.39, 0.29) is 18.6 Å². The fraction of sp³-hybridized carbons (Fsp3) is 0.316. The fourth-order valence-electron chi connectivity index (χ4n) is 2.46. The molecular weight excluding hydrogens is 306 g/mol. The van der Waals surface area contributed by atoms with Crippen LogP contribution >= 0.6 is 11.8 Å². The molecule has 1 atom stereocenters. The Balaban J connectivity index is 1.95. The molecule has 0 spiro atoms. The molecule has 1 amide bonds. The monoisotopic (exact) mass is 329 g/mol. The van der Waals surface area contributed by atoms with Crippen molar-refractivity contribution in [1.29, 1.82) is 0 Å². The van der Waals surface area contributed by atoms with Crippen LogP contribution in [0.3, 0.4) is 0 Å². The van der Waals surface area contributed by atoms with E-state index in [1.165, 1.54) is 0 Å². The van der Waals surface area contributed by atoms with Gasteiger partial charge in [0.15, 0.2) is 0 Å². The van der Waals surface area contributed by atoms with Gasteiger partial charge in [-0.25, -0.2) is 0 Å². The first-order valence-corrected chi connectivity index (χ1v) is 8.86. The van der Waals surface area contributed by atoms with E-state index in [0.717, 1.165) is 21.8 Å². The van der Waals surface area contributed by atoms with Gasteiger partial charge in [-0.2, -0.15) is 0 Å². The standard InChI is InChI=1S/C19H23NO2S/c1-2-23-18-11-7-6-10-16(18)13-19(22)20-17(14-21)12-15-8-4-3-5-9-15/h3-11,17,21H,2,12-14H2,1H3,(H,20,22)/t17-/m0/s1. The van der Waals surface area contributed by atoms with Crippen molar-refractivity contribution in [2.45, 2.75) is 30.7 Å². The van der Waals surface area contributed by atoms with Crippen LogP contribution in [0.1, 0.15) is 18.1 Å². The summed E-state index contributed by atoms with van der Waals surface area (Å²) in [4.78, 5) is 13.4. The number of aliphatic hydroxyl groups is 1. The van der Waals surface area contributed by atoms with E-state index in [4.69, 9.17) is 0 Å². The van der Waals surface area contributed by atoms with Gasteiger partial charge in [-0.15, -0.1) is 11.8 Å². The summed E-state index contributed by atoms with van der Waals surface area (Å²) in [5.74, 6) is 0.926. The molecule has 0 heterocycles. The van der Waals surface area contributed by atoms with E-state index in [0.29, 0.717) is 12.8 Å². The summed E-state index contributed by atoms with van der Waals surface area (Å²) in [6.07, 6.45) is 0.975. The Morgan fingerprint density at radius 2 is 1.83 bits per heavy atom. The fourth-order valence-corrected chi connectivity index (χ4v) is 3.27. The Morgan fingerprint density at radius 3 is 2.52 bits per heavy atom. The number of benzene rings is 2. The normalized spacial score (nSPS) is 11.9. The molecule has 2 rings (SSSR count). The van der Waals surface area contributed by atoms with E-state index in [1.54, 1.807) is 11.8 Å². The second-order valence-electron chi connectivity index (χ2n) is 5.35. The van der Waals surface area contributed by atoms with Gasteiger partial charge in [0.1, 0.15) is 0 Å². The topological polar surface area (TPSA) is 49.3 Å². The van der Waals surface area contributed by atoms with Crippen molar-refractivity contribution in [2.75, 3.05) is 12.4 Å². The van der Waals surface area contributed by atoms with Crippen LogP contribution < -0.4 is 5.32 Å². The molecule has 2 aromatic carbocycles. The second kappa shape index (κ2) is 9.38. The molecule has 0 bridgehead atoms. The number of amides is 1.